The topological polar surface area (TPSA) is 46.7 Å². The molecule has 0 rings (SSSR count). The normalized spacial score (nSPS) is 14.2. The van der Waals surface area contributed by atoms with E-state index in [4.69, 9.17) is 18.8 Å². The van der Waals surface area contributed by atoms with E-state index in [9.17, 15) is 0 Å². The molecule has 0 amide bonds. The Morgan fingerprint density at radius 3 is 0.722 bits per heavy atom. The van der Waals surface area contributed by atoms with Crippen LogP contribution < -0.4 is 0 Å². The Hall–Kier alpha value is 1.81. The van der Waals surface area contributed by atoms with Crippen LogP contribution in [0.25, 0.3) is 9.96 Å². The van der Waals surface area contributed by atoms with E-state index in [0.29, 0.717) is 0 Å². The van der Waals surface area contributed by atoms with E-state index >= 15 is 0 Å². The van der Waals surface area contributed by atoms with Gasteiger partial charge in [-0.05, 0) is 41.5 Å². The van der Waals surface area contributed by atoms with Crippen molar-refractivity contribution in [3.63, 3.8) is 0 Å². The van der Waals surface area contributed by atoms with Gasteiger partial charge in [0.25, 0.3) is 0 Å². The van der Waals surface area contributed by atoms with E-state index in [1.54, 1.807) is 0 Å². The molecule has 0 radical (unpaired) electrons. The summed E-state index contributed by atoms with van der Waals surface area (Å²) in [7, 11) is -5.41. The summed E-state index contributed by atoms with van der Waals surface area (Å²) in [4.78, 5) is 9.49. The molecule has 0 N–H and O–H groups in total. The van der Waals surface area contributed by atoms with Crippen molar-refractivity contribution in [1.82, 2.24) is 0 Å². The second-order valence-electron chi connectivity index (χ2n) is 16.8. The van der Waals surface area contributed by atoms with Crippen molar-refractivity contribution >= 4 is 33.1 Å². The van der Waals surface area contributed by atoms with Gasteiger partial charge >= 0.3 is 32.7 Å². The summed E-state index contributed by atoms with van der Waals surface area (Å²) in [5.41, 5.74) is 2.52. The molecule has 0 saturated heterocycles. The molecule has 0 aromatic heterocycles. The molecule has 0 aliphatic heterocycles. The molecule has 216 valence electrons. The number of hydrogen-bond donors (Lipinski definition) is 0. The Morgan fingerprint density at radius 1 is 0.444 bits per heavy atom. The van der Waals surface area contributed by atoms with Crippen LogP contribution in [-0.2, 0) is 41.6 Å². The molecule has 4 nitrogen and oxygen atoms in total. The van der Waals surface area contributed by atoms with Crippen molar-refractivity contribution in [2.24, 2.45) is 0 Å². The Labute approximate surface area is 259 Å². The number of rotatable bonds is 6. The van der Waals surface area contributed by atoms with Crippen LogP contribution in [0.15, 0.2) is 0 Å². The fraction of sp³-hybridized carbons (Fsp3) is 0.963. The van der Waals surface area contributed by atoms with E-state index in [2.05, 4.69) is 154 Å². The van der Waals surface area contributed by atoms with E-state index in [1.807, 2.05) is 0 Å². The van der Waals surface area contributed by atoms with Gasteiger partial charge in [-0.15, -0.1) is 27.2 Å². The van der Waals surface area contributed by atoms with Gasteiger partial charge in [-0.2, -0.15) is 0 Å². The van der Waals surface area contributed by atoms with Gasteiger partial charge in [0.2, 0.25) is 0 Å². The van der Waals surface area contributed by atoms with E-state index in [0.717, 1.165) is 0 Å². The summed E-state index contributed by atoms with van der Waals surface area (Å²) < 4.78 is 11.9. The van der Waals surface area contributed by atoms with Gasteiger partial charge in [0.1, 0.15) is 0 Å². The van der Waals surface area contributed by atoms with Crippen LogP contribution in [0.1, 0.15) is 83.1 Å². The Balaban J connectivity index is -0.000000214. The van der Waals surface area contributed by atoms with Crippen LogP contribution >= 0.6 is 0 Å². The average Bonchev–Trinajstić information content (AvgIpc) is 2.19. The minimum absolute atomic E-state index is 0. The minimum atomic E-state index is -1.85. The predicted octanol–water partition coefficient (Wildman–Crippen LogP) is 10.3. The van der Waals surface area contributed by atoms with Crippen molar-refractivity contribution in [3.8, 4) is 0 Å². The maximum atomic E-state index is 5.97. The summed E-state index contributed by atoms with van der Waals surface area (Å²) in [6.45, 7) is 48.2. The molecule has 0 spiro atoms. The van der Waals surface area contributed by atoms with Gasteiger partial charge in [-0.25, -0.2) is 0 Å². The summed E-state index contributed by atoms with van der Waals surface area (Å²) in [5.74, 6) is 0. The van der Waals surface area contributed by atoms with E-state index < -0.39 is 33.1 Å². The number of nitrogens with zero attached hydrogens (tertiary/aromatic N) is 2. The number of hydrogen-bond acceptors (Lipinski definition) is 2. The first-order valence-electron chi connectivity index (χ1n) is 13.3. The van der Waals surface area contributed by atoms with Crippen LogP contribution in [0.4, 0.5) is 0 Å². The molecule has 0 atom stereocenters. The Morgan fingerprint density at radius 2 is 0.639 bits per heavy atom. The van der Waals surface area contributed by atoms with Gasteiger partial charge in [-0.3, -0.25) is 0 Å². The molecule has 0 saturated carbocycles. The van der Waals surface area contributed by atoms with E-state index in [-0.39, 0.29) is 55.0 Å². The average molecular weight is 653 g/mol. The SMILES string of the molecule is CC(C)(C)[N-][Si](C)(C)OC(C)(C)C.CC(C)(C)[N-][Si](C)(C)OC(C)(C)C.C[Si](C)(C)[CH-][Si](C)(C)C.[Y+3]. The molecule has 0 aliphatic carbocycles. The van der Waals surface area contributed by atoms with Gasteiger partial charge < -0.3 is 24.5 Å². The fourth-order valence-electron chi connectivity index (χ4n) is 4.46. The second-order valence-corrected chi connectivity index (χ2v) is 34.0. The third kappa shape index (κ3) is 42.9. The molecule has 0 aromatic rings. The van der Waals surface area contributed by atoms with Gasteiger partial charge in [-0.1, -0.05) is 107 Å². The predicted molar refractivity (Wildman–Crippen MR) is 174 cm³/mol. The van der Waals surface area contributed by atoms with Crippen LogP contribution in [-0.4, -0.2) is 55.4 Å². The molecular weight excluding hydrogens is 586 g/mol. The van der Waals surface area contributed by atoms with Crippen LogP contribution in [0.3, 0.4) is 0 Å². The molecule has 0 heterocycles. The molecule has 0 aromatic carbocycles. The zero-order chi connectivity index (χ0) is 29.5. The third-order valence-corrected chi connectivity index (χ3v) is 14.8. The van der Waals surface area contributed by atoms with Crippen LogP contribution in [0, 0.1) is 5.67 Å². The third-order valence-electron chi connectivity index (χ3n) is 3.19. The summed E-state index contributed by atoms with van der Waals surface area (Å²) >= 11 is 0. The smallest absolute Gasteiger partial charge is 0.637 e. The first-order valence-corrected chi connectivity index (χ1v) is 26.2. The van der Waals surface area contributed by atoms with Gasteiger partial charge in [0.15, 0.2) is 0 Å². The zero-order valence-electron chi connectivity index (χ0n) is 28.9. The summed E-state index contributed by atoms with van der Waals surface area (Å²) in [6, 6.07) is 0. The van der Waals surface area contributed by atoms with Crippen molar-refractivity contribution in [3.05, 3.63) is 15.6 Å². The molecule has 0 fully saturated rings. The maximum Gasteiger partial charge on any atom is 3.00 e. The Kier molecular flexibility index (Phi) is 19.6. The fourth-order valence-corrected chi connectivity index (χ4v) is 21.2. The summed E-state index contributed by atoms with van der Waals surface area (Å²) in [6.07, 6.45) is 0. The van der Waals surface area contributed by atoms with Crippen molar-refractivity contribution in [1.29, 1.82) is 0 Å². The van der Waals surface area contributed by atoms with E-state index in [1.165, 1.54) is 0 Å². The minimum Gasteiger partial charge on any atom is -0.637 e. The maximum absolute atomic E-state index is 5.97. The molecule has 0 bridgehead atoms. The van der Waals surface area contributed by atoms with Crippen molar-refractivity contribution in [2.75, 3.05) is 0 Å². The first-order chi connectivity index (χ1) is 14.5. The Bertz CT molecular complexity index is 500. The second kappa shape index (κ2) is 15.7. The largest absolute Gasteiger partial charge is 3.00 e. The summed E-state index contributed by atoms with van der Waals surface area (Å²) in [5, 5.41) is 0. The quantitative estimate of drug-likeness (QED) is 0.212. The zero-order valence-corrected chi connectivity index (χ0v) is 35.7. The molecule has 0 unspecified atom stereocenters. The van der Waals surface area contributed by atoms with Gasteiger partial charge in [0.05, 0.1) is 17.0 Å². The van der Waals surface area contributed by atoms with Crippen molar-refractivity contribution in [2.45, 2.75) is 171 Å². The van der Waals surface area contributed by atoms with Crippen molar-refractivity contribution < 1.29 is 41.6 Å². The van der Waals surface area contributed by atoms with Gasteiger partial charge in [0, 0.05) is 11.2 Å². The molecule has 36 heavy (non-hydrogen) atoms. The van der Waals surface area contributed by atoms with Crippen LogP contribution in [0.2, 0.25) is 65.5 Å². The van der Waals surface area contributed by atoms with Crippen LogP contribution in [0.5, 0.6) is 0 Å². The molecule has 0 aliphatic rings. The standard InChI is InChI=1S/2C10H24NOSi.C7H19Si2.Y/c2*1-9(2,3)11-13(7,8)12-10(4,5)6;1-8(2,3)7-9(4,5)6;/h2*1-8H3;7H,1-6H3;/q3*-1;+3. The molecule has 9 heteroatoms. The monoisotopic (exact) mass is 652 g/mol. The first kappa shape index (κ1) is 44.8. The molecular formula is C27H67N2O2Si4Y.